The van der Waals surface area contributed by atoms with Gasteiger partial charge in [-0.3, -0.25) is 9.17 Å². The maximum absolute atomic E-state index is 12.6. The second kappa shape index (κ2) is 14.0. The number of nitrogens with zero attached hydrogens (tertiary/aromatic N) is 5. The third-order valence-electron chi connectivity index (χ3n) is 9.61. The molecule has 6 aromatic rings. The quantitative estimate of drug-likeness (QED) is 0.0937. The Morgan fingerprint density at radius 1 is 1.00 bits per heavy atom. The summed E-state index contributed by atoms with van der Waals surface area (Å²) in [6.07, 6.45) is 4.29. The van der Waals surface area contributed by atoms with Gasteiger partial charge in [0.25, 0.3) is 10.1 Å². The fraction of sp³-hybridized carbons (Fsp3) is 0.395. The molecule has 262 valence electrons. The first-order valence-electron chi connectivity index (χ1n) is 17.1. The number of benzene rings is 2. The van der Waals surface area contributed by atoms with Crippen LogP contribution in [0.5, 0.6) is 0 Å². The molecule has 1 atom stereocenters. The van der Waals surface area contributed by atoms with Crippen LogP contribution < -0.4 is 0 Å². The number of pyridine rings is 1. The van der Waals surface area contributed by atoms with Crippen LogP contribution in [0.4, 0.5) is 0 Å². The van der Waals surface area contributed by atoms with Gasteiger partial charge >= 0.3 is 0 Å². The van der Waals surface area contributed by atoms with Gasteiger partial charge in [-0.25, -0.2) is 4.68 Å². The second-order valence-electron chi connectivity index (χ2n) is 13.5. The van der Waals surface area contributed by atoms with Crippen molar-refractivity contribution in [1.29, 1.82) is 0 Å². The van der Waals surface area contributed by atoms with Crippen LogP contribution in [0.25, 0.3) is 32.5 Å². The third-order valence-corrected chi connectivity index (χ3v) is 12.4. The van der Waals surface area contributed by atoms with Crippen LogP contribution >= 0.6 is 11.3 Å². The Balaban J connectivity index is 1.23. The van der Waals surface area contributed by atoms with Gasteiger partial charge in [0.1, 0.15) is 5.52 Å². The van der Waals surface area contributed by atoms with Gasteiger partial charge in [-0.2, -0.15) is 8.42 Å². The number of hydrogen-bond acceptors (Lipinski definition) is 9. The first-order valence-corrected chi connectivity index (χ1v) is 19.3. The standard InChI is InChI=1S/C38H43N5O5S2/c1-25-12-14-30(15-13-25)50(44,45)48-19-9-18-47-38(3,4)33-23-32-37(49-33)34-31(22-29(24-39-34)35-26(2)40-41-42(35)5)43(32)36(27-10-7-6-8-11-27)28-16-20-46-21-17-28/h6-8,10-15,22-24,28,36H,9,16-21H2,1-5H3. The lowest BCUT2D eigenvalue weighted by Gasteiger charge is -2.33. The zero-order chi connectivity index (χ0) is 35.0. The minimum absolute atomic E-state index is 0.0378. The van der Waals surface area contributed by atoms with Crippen molar-refractivity contribution in [2.24, 2.45) is 13.0 Å². The number of fused-ring (bicyclic) bond motifs is 3. The first-order chi connectivity index (χ1) is 24.0. The summed E-state index contributed by atoms with van der Waals surface area (Å²) in [6, 6.07) is 22.0. The number of ether oxygens (including phenoxy) is 2. The normalized spacial score (nSPS) is 15.3. The molecular formula is C38H43N5O5S2. The predicted molar refractivity (Wildman–Crippen MR) is 196 cm³/mol. The van der Waals surface area contributed by atoms with Gasteiger partial charge in [-0.05, 0) is 82.7 Å². The van der Waals surface area contributed by atoms with Crippen LogP contribution in [0.15, 0.2) is 77.8 Å². The van der Waals surface area contributed by atoms with Crippen LogP contribution in [0.3, 0.4) is 0 Å². The fourth-order valence-corrected chi connectivity index (χ4v) is 9.12. The maximum atomic E-state index is 12.6. The largest absolute Gasteiger partial charge is 0.381 e. The average molecular weight is 714 g/mol. The molecule has 0 saturated carbocycles. The molecule has 10 nitrogen and oxygen atoms in total. The van der Waals surface area contributed by atoms with Gasteiger partial charge in [0, 0.05) is 36.9 Å². The third kappa shape index (κ3) is 6.74. The molecule has 0 bridgehead atoms. The van der Waals surface area contributed by atoms with E-state index in [2.05, 4.69) is 71.2 Å². The molecule has 4 aromatic heterocycles. The summed E-state index contributed by atoms with van der Waals surface area (Å²) >= 11 is 1.70. The molecule has 1 aliphatic heterocycles. The van der Waals surface area contributed by atoms with Crippen molar-refractivity contribution in [3.63, 3.8) is 0 Å². The average Bonchev–Trinajstić information content (AvgIpc) is 3.78. The summed E-state index contributed by atoms with van der Waals surface area (Å²) in [6.45, 7) is 9.87. The van der Waals surface area contributed by atoms with Crippen LogP contribution in [-0.4, -0.2) is 59.4 Å². The summed E-state index contributed by atoms with van der Waals surface area (Å²) < 4.78 is 48.3. The Hall–Kier alpha value is -3.94. The monoisotopic (exact) mass is 713 g/mol. The number of rotatable bonds is 12. The molecule has 7 rings (SSSR count). The van der Waals surface area contributed by atoms with Crippen LogP contribution in [0.2, 0.25) is 0 Å². The summed E-state index contributed by atoms with van der Waals surface area (Å²) in [5, 5.41) is 8.56. The maximum Gasteiger partial charge on any atom is 0.296 e. The van der Waals surface area contributed by atoms with E-state index in [0.29, 0.717) is 18.9 Å². The highest BCUT2D eigenvalue weighted by molar-refractivity contribution is 7.86. The zero-order valence-electron chi connectivity index (χ0n) is 29.1. The Morgan fingerprint density at radius 3 is 2.44 bits per heavy atom. The molecule has 0 aliphatic carbocycles. The lowest BCUT2D eigenvalue weighted by atomic mass is 9.86. The number of aryl methyl sites for hydroxylation is 3. The predicted octanol–water partition coefficient (Wildman–Crippen LogP) is 7.73. The summed E-state index contributed by atoms with van der Waals surface area (Å²) in [7, 11) is -1.91. The first kappa shape index (κ1) is 34.5. The van der Waals surface area contributed by atoms with E-state index in [4.69, 9.17) is 18.6 Å². The number of aromatic nitrogens is 5. The molecular weight excluding hydrogens is 671 g/mol. The van der Waals surface area contributed by atoms with Crippen molar-refractivity contribution in [3.05, 3.63) is 94.6 Å². The van der Waals surface area contributed by atoms with E-state index in [1.807, 2.05) is 31.8 Å². The molecule has 0 radical (unpaired) electrons. The van der Waals surface area contributed by atoms with Crippen LogP contribution in [0.1, 0.15) is 60.8 Å². The summed E-state index contributed by atoms with van der Waals surface area (Å²) in [5.74, 6) is 0.373. The molecule has 1 aliphatic rings. The summed E-state index contributed by atoms with van der Waals surface area (Å²) in [5.41, 5.74) is 7.54. The van der Waals surface area contributed by atoms with E-state index >= 15 is 0 Å². The smallest absolute Gasteiger partial charge is 0.296 e. The molecule has 50 heavy (non-hydrogen) atoms. The minimum atomic E-state index is -3.82. The molecule has 0 amide bonds. The van der Waals surface area contributed by atoms with Crippen molar-refractivity contribution < 1.29 is 22.1 Å². The summed E-state index contributed by atoms with van der Waals surface area (Å²) in [4.78, 5) is 6.33. The minimum Gasteiger partial charge on any atom is -0.381 e. The zero-order valence-corrected chi connectivity index (χ0v) is 30.8. The van der Waals surface area contributed by atoms with Crippen LogP contribution in [0, 0.1) is 19.8 Å². The number of thiophene rings is 1. The van der Waals surface area contributed by atoms with Crippen molar-refractivity contribution >= 4 is 42.7 Å². The van der Waals surface area contributed by atoms with E-state index in [-0.39, 0.29) is 17.5 Å². The van der Waals surface area contributed by atoms with E-state index in [1.165, 1.54) is 5.56 Å². The molecule has 0 N–H and O–H groups in total. The fourth-order valence-electron chi connectivity index (χ4n) is 6.97. The Labute approximate surface area is 297 Å². The van der Waals surface area contributed by atoms with E-state index in [1.54, 1.807) is 35.6 Å². The Bertz CT molecular complexity index is 2200. The van der Waals surface area contributed by atoms with E-state index < -0.39 is 15.7 Å². The molecule has 12 heteroatoms. The lowest BCUT2D eigenvalue weighted by molar-refractivity contribution is -0.0231. The highest BCUT2D eigenvalue weighted by Gasteiger charge is 2.33. The Morgan fingerprint density at radius 2 is 1.74 bits per heavy atom. The van der Waals surface area contributed by atoms with Gasteiger partial charge in [-0.15, -0.1) is 16.4 Å². The van der Waals surface area contributed by atoms with Crippen LogP contribution in [-0.2, 0) is 36.4 Å². The topological polar surface area (TPSA) is 110 Å². The van der Waals surface area contributed by atoms with Gasteiger partial charge < -0.3 is 14.0 Å². The van der Waals surface area contributed by atoms with E-state index in [9.17, 15) is 8.42 Å². The molecule has 1 fully saturated rings. The Kier molecular flexibility index (Phi) is 9.66. The van der Waals surface area contributed by atoms with E-state index in [0.717, 1.165) is 74.7 Å². The molecule has 5 heterocycles. The van der Waals surface area contributed by atoms with Crippen molar-refractivity contribution in [2.45, 2.75) is 63.5 Å². The number of hydrogen-bond donors (Lipinski definition) is 0. The highest BCUT2D eigenvalue weighted by Crippen LogP contribution is 2.45. The highest BCUT2D eigenvalue weighted by atomic mass is 32.2. The van der Waals surface area contributed by atoms with Crippen molar-refractivity contribution in [2.75, 3.05) is 26.4 Å². The van der Waals surface area contributed by atoms with Crippen molar-refractivity contribution in [3.8, 4) is 11.3 Å². The SMILES string of the molecule is Cc1ccc(S(=O)(=O)OCCCOC(C)(C)c2cc3c(s2)c2ncc(-c4c(C)nnn4C)cc2n3C(c2ccccc2)C2CCOCC2)cc1. The van der Waals surface area contributed by atoms with Gasteiger partial charge in [0.2, 0.25) is 0 Å². The van der Waals surface area contributed by atoms with Gasteiger partial charge in [0.05, 0.1) is 56.9 Å². The van der Waals surface area contributed by atoms with Gasteiger partial charge in [-0.1, -0.05) is 53.2 Å². The second-order valence-corrected chi connectivity index (χ2v) is 16.2. The molecule has 0 spiro atoms. The molecule has 1 unspecified atom stereocenters. The molecule has 1 saturated heterocycles. The molecule has 2 aromatic carbocycles. The van der Waals surface area contributed by atoms with Crippen molar-refractivity contribution in [1.82, 2.24) is 24.5 Å². The van der Waals surface area contributed by atoms with Gasteiger partial charge in [0.15, 0.2) is 0 Å². The lowest BCUT2D eigenvalue weighted by Crippen LogP contribution is -2.27.